The molecule has 1 saturated heterocycles. The molecule has 1 aliphatic carbocycles. The monoisotopic (exact) mass is 435 g/mol. The highest BCUT2D eigenvalue weighted by Crippen LogP contribution is 2.37. The Labute approximate surface area is 188 Å². The number of ether oxygens (including phenoxy) is 1. The molecule has 2 fully saturated rings. The highest BCUT2D eigenvalue weighted by molar-refractivity contribution is 6.10. The molecule has 7 heteroatoms. The topological polar surface area (TPSA) is 87.7 Å². The molecule has 0 radical (unpaired) electrons. The van der Waals surface area contributed by atoms with Crippen molar-refractivity contribution in [1.29, 1.82) is 0 Å². The van der Waals surface area contributed by atoms with Gasteiger partial charge in [0.15, 0.2) is 0 Å². The molecule has 4 rings (SSSR count). The molecule has 168 valence electrons. The maximum absolute atomic E-state index is 13.0. The van der Waals surface area contributed by atoms with Gasteiger partial charge in [0.25, 0.3) is 5.91 Å². The molecular formula is C25H29N3O4. The van der Waals surface area contributed by atoms with Gasteiger partial charge in [-0.1, -0.05) is 43.7 Å². The zero-order chi connectivity index (χ0) is 22.6. The van der Waals surface area contributed by atoms with E-state index >= 15 is 0 Å². The molecule has 2 aliphatic rings. The Hall–Kier alpha value is -3.35. The van der Waals surface area contributed by atoms with Crippen molar-refractivity contribution < 1.29 is 19.1 Å². The Morgan fingerprint density at radius 1 is 1.09 bits per heavy atom. The van der Waals surface area contributed by atoms with Crippen LogP contribution >= 0.6 is 0 Å². The van der Waals surface area contributed by atoms with Crippen LogP contribution in [0.1, 0.15) is 44.6 Å². The van der Waals surface area contributed by atoms with Crippen molar-refractivity contribution in [3.05, 3.63) is 60.2 Å². The van der Waals surface area contributed by atoms with Gasteiger partial charge in [-0.25, -0.2) is 4.79 Å². The molecule has 32 heavy (non-hydrogen) atoms. The Kier molecular flexibility index (Phi) is 6.44. The van der Waals surface area contributed by atoms with Gasteiger partial charge in [-0.15, -0.1) is 0 Å². The first-order chi connectivity index (χ1) is 15.5. The summed E-state index contributed by atoms with van der Waals surface area (Å²) >= 11 is 0. The van der Waals surface area contributed by atoms with Gasteiger partial charge in [-0.3, -0.25) is 14.5 Å². The highest BCUT2D eigenvalue weighted by atomic mass is 16.5. The van der Waals surface area contributed by atoms with Gasteiger partial charge in [0, 0.05) is 5.69 Å². The summed E-state index contributed by atoms with van der Waals surface area (Å²) in [6.45, 7) is 2.31. The number of hydrogen-bond donors (Lipinski definition) is 2. The number of carbonyl (C=O) groups excluding carboxylic acids is 3. The molecule has 1 saturated carbocycles. The van der Waals surface area contributed by atoms with E-state index in [-0.39, 0.29) is 12.5 Å². The van der Waals surface area contributed by atoms with Gasteiger partial charge in [-0.05, 0) is 61.4 Å². The van der Waals surface area contributed by atoms with Gasteiger partial charge >= 0.3 is 6.03 Å². The highest BCUT2D eigenvalue weighted by Gasteiger charge is 2.52. The van der Waals surface area contributed by atoms with Crippen LogP contribution in [0.4, 0.5) is 10.5 Å². The lowest BCUT2D eigenvalue weighted by Crippen LogP contribution is -2.49. The van der Waals surface area contributed by atoms with E-state index in [0.717, 1.165) is 29.7 Å². The molecule has 2 aromatic carbocycles. The number of imide groups is 1. The smallest absolute Gasteiger partial charge is 0.325 e. The van der Waals surface area contributed by atoms with Crippen LogP contribution < -0.4 is 15.4 Å². The van der Waals surface area contributed by atoms with Crippen molar-refractivity contribution in [3.8, 4) is 5.75 Å². The van der Waals surface area contributed by atoms with Gasteiger partial charge in [-0.2, -0.15) is 0 Å². The minimum Gasteiger partial charge on any atom is -0.489 e. The van der Waals surface area contributed by atoms with Crippen LogP contribution in [0.5, 0.6) is 5.75 Å². The molecule has 1 aliphatic heterocycles. The number of hydrogen-bond acceptors (Lipinski definition) is 4. The second-order valence-electron chi connectivity index (χ2n) is 8.60. The zero-order valence-corrected chi connectivity index (χ0v) is 18.3. The number of carbonyl (C=O) groups is 3. The van der Waals surface area contributed by atoms with Crippen LogP contribution in [0.25, 0.3) is 0 Å². The maximum atomic E-state index is 13.0. The number of anilines is 1. The fourth-order valence-corrected chi connectivity index (χ4v) is 4.46. The van der Waals surface area contributed by atoms with Crippen LogP contribution in [0.15, 0.2) is 54.6 Å². The quantitative estimate of drug-likeness (QED) is 0.641. The summed E-state index contributed by atoms with van der Waals surface area (Å²) in [5.41, 5.74) is 0.813. The SMILES string of the molecule is CCC1CCC2(CC1)NC(=O)N(CC(=O)Nc1ccc(OCc3ccccc3)cc1)C2=O. The standard InChI is InChI=1S/C25H29N3O4/c1-2-18-12-14-25(15-13-18)23(30)28(24(31)27-25)16-22(29)26-20-8-10-21(11-9-20)32-17-19-6-4-3-5-7-19/h3-11,18H,2,12-17H2,1H3,(H,26,29)(H,27,31). The predicted molar refractivity (Wildman–Crippen MR) is 121 cm³/mol. The van der Waals surface area contributed by atoms with Crippen LogP contribution in [0.2, 0.25) is 0 Å². The van der Waals surface area contributed by atoms with Gasteiger partial charge in [0.2, 0.25) is 5.91 Å². The largest absolute Gasteiger partial charge is 0.489 e. The van der Waals surface area contributed by atoms with Crippen molar-refractivity contribution in [2.24, 2.45) is 5.92 Å². The van der Waals surface area contributed by atoms with E-state index in [1.54, 1.807) is 24.3 Å². The fraction of sp³-hybridized carbons (Fsp3) is 0.400. The predicted octanol–water partition coefficient (Wildman–Crippen LogP) is 4.09. The van der Waals surface area contributed by atoms with E-state index in [4.69, 9.17) is 4.74 Å². The van der Waals surface area contributed by atoms with Gasteiger partial charge < -0.3 is 15.4 Å². The summed E-state index contributed by atoms with van der Waals surface area (Å²) in [6.07, 6.45) is 4.19. The van der Waals surface area contributed by atoms with Gasteiger partial charge in [0.05, 0.1) is 0 Å². The molecule has 0 aromatic heterocycles. The fourth-order valence-electron chi connectivity index (χ4n) is 4.46. The third kappa shape index (κ3) is 4.77. The van der Waals surface area contributed by atoms with E-state index in [1.165, 1.54) is 0 Å². The first-order valence-corrected chi connectivity index (χ1v) is 11.2. The third-order valence-electron chi connectivity index (χ3n) is 6.47. The number of nitrogens with zero attached hydrogens (tertiary/aromatic N) is 1. The lowest BCUT2D eigenvalue weighted by Gasteiger charge is -2.34. The molecule has 7 nitrogen and oxygen atoms in total. The molecule has 1 spiro atoms. The van der Waals surface area contributed by atoms with Crippen molar-refractivity contribution >= 4 is 23.5 Å². The number of amides is 4. The first-order valence-electron chi connectivity index (χ1n) is 11.2. The minimum atomic E-state index is -0.833. The summed E-state index contributed by atoms with van der Waals surface area (Å²) in [7, 11) is 0. The molecule has 0 atom stereocenters. The second-order valence-corrected chi connectivity index (χ2v) is 8.60. The van der Waals surface area contributed by atoms with E-state index in [1.807, 2.05) is 30.3 Å². The first kappa shape index (κ1) is 21.9. The Morgan fingerprint density at radius 3 is 2.44 bits per heavy atom. The number of rotatable bonds is 7. The Morgan fingerprint density at radius 2 is 1.78 bits per heavy atom. The molecule has 4 amide bonds. The molecule has 0 unspecified atom stereocenters. The van der Waals surface area contributed by atoms with E-state index in [2.05, 4.69) is 17.6 Å². The Balaban J connectivity index is 1.30. The average Bonchev–Trinajstić information content (AvgIpc) is 3.04. The summed E-state index contributed by atoms with van der Waals surface area (Å²) in [4.78, 5) is 38.9. The lowest BCUT2D eigenvalue weighted by molar-refractivity contribution is -0.135. The van der Waals surface area contributed by atoms with Crippen LogP contribution in [-0.4, -0.2) is 34.8 Å². The average molecular weight is 436 g/mol. The molecule has 0 bridgehead atoms. The molecule has 1 heterocycles. The second kappa shape index (κ2) is 9.42. The number of nitrogens with one attached hydrogen (secondary N) is 2. The van der Waals surface area contributed by atoms with Crippen molar-refractivity contribution in [2.75, 3.05) is 11.9 Å². The van der Waals surface area contributed by atoms with Crippen molar-refractivity contribution in [1.82, 2.24) is 10.2 Å². The normalized spacial score (nSPS) is 22.7. The number of benzene rings is 2. The maximum Gasteiger partial charge on any atom is 0.325 e. The summed E-state index contributed by atoms with van der Waals surface area (Å²) in [5.74, 6) is 0.593. The summed E-state index contributed by atoms with van der Waals surface area (Å²) in [6, 6.07) is 16.4. The third-order valence-corrected chi connectivity index (χ3v) is 6.47. The van der Waals surface area contributed by atoms with E-state index in [9.17, 15) is 14.4 Å². The molecule has 2 N–H and O–H groups in total. The molecular weight excluding hydrogens is 406 g/mol. The zero-order valence-electron chi connectivity index (χ0n) is 18.3. The summed E-state index contributed by atoms with van der Waals surface area (Å²) < 4.78 is 5.75. The molecule has 2 aromatic rings. The lowest BCUT2D eigenvalue weighted by atomic mass is 9.75. The van der Waals surface area contributed by atoms with E-state index < -0.39 is 17.5 Å². The number of urea groups is 1. The van der Waals surface area contributed by atoms with Crippen LogP contribution in [-0.2, 0) is 16.2 Å². The van der Waals surface area contributed by atoms with Gasteiger partial charge in [0.1, 0.15) is 24.4 Å². The minimum absolute atomic E-state index is 0.281. The van der Waals surface area contributed by atoms with Crippen molar-refractivity contribution in [2.45, 2.75) is 51.2 Å². The van der Waals surface area contributed by atoms with Crippen LogP contribution in [0.3, 0.4) is 0 Å². The Bertz CT molecular complexity index is 966. The van der Waals surface area contributed by atoms with Crippen molar-refractivity contribution in [3.63, 3.8) is 0 Å². The summed E-state index contributed by atoms with van der Waals surface area (Å²) in [5, 5.41) is 5.61. The van der Waals surface area contributed by atoms with Crippen LogP contribution in [0, 0.1) is 5.92 Å². The van der Waals surface area contributed by atoms with E-state index in [0.29, 0.717) is 36.8 Å².